The Kier molecular flexibility index (Phi) is 4.77. The topological polar surface area (TPSA) is 44.1 Å². The molecule has 0 bridgehead atoms. The van der Waals surface area contributed by atoms with Crippen molar-refractivity contribution in [3.63, 3.8) is 0 Å². The van der Waals surface area contributed by atoms with Crippen molar-refractivity contribution >= 4 is 32.9 Å². The molecule has 0 saturated heterocycles. The summed E-state index contributed by atoms with van der Waals surface area (Å²) in [6.45, 7) is 2.57. The number of halogens is 1. The third kappa shape index (κ3) is 3.38. The summed E-state index contributed by atoms with van der Waals surface area (Å²) in [6.07, 6.45) is 1.71. The fourth-order valence-corrected chi connectivity index (χ4v) is 3.43. The van der Waals surface area contributed by atoms with E-state index in [1.165, 1.54) is 0 Å². The van der Waals surface area contributed by atoms with E-state index < -0.39 is 0 Å². The number of hydrogen-bond donors (Lipinski definition) is 0. The normalized spacial score (nSPS) is 10.9. The molecule has 0 amide bonds. The number of hydrogen-bond acceptors (Lipinski definition) is 3. The molecular weight excluding hydrogens is 404 g/mol. The van der Waals surface area contributed by atoms with Crippen LogP contribution in [-0.2, 0) is 0 Å². The molecule has 0 spiro atoms. The maximum absolute atomic E-state index is 13.3. The van der Waals surface area contributed by atoms with E-state index in [2.05, 4.69) is 20.9 Å². The van der Waals surface area contributed by atoms with E-state index in [1.807, 2.05) is 73.7 Å². The molecule has 134 valence electrons. The molecule has 4 aromatic rings. The molecule has 0 fully saturated rings. The predicted octanol–water partition coefficient (Wildman–Crippen LogP) is 5.55. The highest BCUT2D eigenvalue weighted by Gasteiger charge is 2.19. The van der Waals surface area contributed by atoms with Crippen molar-refractivity contribution in [2.45, 2.75) is 6.92 Å². The van der Waals surface area contributed by atoms with Gasteiger partial charge in [0.05, 0.1) is 12.3 Å². The van der Waals surface area contributed by atoms with Gasteiger partial charge in [-0.05, 0) is 76.9 Å². The molecule has 5 heteroatoms. The molecule has 0 radical (unpaired) electrons. The third-order valence-electron chi connectivity index (χ3n) is 4.29. The summed E-state index contributed by atoms with van der Waals surface area (Å²) in [7, 11) is 0. The number of benzene rings is 2. The van der Waals surface area contributed by atoms with Crippen LogP contribution in [0.5, 0.6) is 5.75 Å². The summed E-state index contributed by atoms with van der Waals surface area (Å²) < 4.78 is 8.07. The van der Waals surface area contributed by atoms with Gasteiger partial charge in [0.15, 0.2) is 0 Å². The van der Waals surface area contributed by atoms with E-state index in [-0.39, 0.29) is 5.91 Å². The van der Waals surface area contributed by atoms with Crippen LogP contribution in [0.15, 0.2) is 77.4 Å². The van der Waals surface area contributed by atoms with Crippen molar-refractivity contribution in [1.29, 1.82) is 0 Å². The number of aromatic nitrogens is 2. The molecule has 0 aliphatic rings. The van der Waals surface area contributed by atoms with E-state index in [1.54, 1.807) is 10.8 Å². The molecule has 2 aromatic carbocycles. The number of fused-ring (bicyclic) bond motifs is 1. The third-order valence-corrected chi connectivity index (χ3v) is 4.73. The first-order valence-corrected chi connectivity index (χ1v) is 9.46. The van der Waals surface area contributed by atoms with Crippen molar-refractivity contribution in [3.8, 4) is 17.0 Å². The van der Waals surface area contributed by atoms with E-state index in [0.717, 1.165) is 26.9 Å². The minimum Gasteiger partial charge on any atom is -0.494 e. The van der Waals surface area contributed by atoms with Crippen molar-refractivity contribution in [2.75, 3.05) is 6.61 Å². The first-order valence-electron chi connectivity index (χ1n) is 8.67. The standard InChI is InChI=1S/C22H17BrN2O2/c1-2-27-19-10-8-15(9-11-19)20-13-17-12-18(23)14-24-21(17)25(20)22(26)16-6-4-3-5-7-16/h3-14H,2H2,1H3. The molecule has 0 saturated carbocycles. The number of rotatable bonds is 4. The first-order chi connectivity index (χ1) is 13.2. The van der Waals surface area contributed by atoms with Crippen LogP contribution in [0.2, 0.25) is 0 Å². The Bertz CT molecular complexity index is 1100. The molecule has 0 unspecified atom stereocenters. The SMILES string of the molecule is CCOc1ccc(-c2cc3cc(Br)cnc3n2C(=O)c2ccccc2)cc1. The van der Waals surface area contributed by atoms with E-state index in [4.69, 9.17) is 4.74 Å². The van der Waals surface area contributed by atoms with Gasteiger partial charge in [0.1, 0.15) is 11.4 Å². The van der Waals surface area contributed by atoms with E-state index >= 15 is 0 Å². The molecule has 2 aromatic heterocycles. The quantitative estimate of drug-likeness (QED) is 0.434. The van der Waals surface area contributed by atoms with Crippen molar-refractivity contribution in [1.82, 2.24) is 9.55 Å². The summed E-state index contributed by atoms with van der Waals surface area (Å²) in [5, 5.41) is 0.901. The summed E-state index contributed by atoms with van der Waals surface area (Å²) in [4.78, 5) is 17.7. The second-order valence-corrected chi connectivity index (χ2v) is 6.98. The summed E-state index contributed by atoms with van der Waals surface area (Å²) in [5.41, 5.74) is 2.98. The Morgan fingerprint density at radius 3 is 2.52 bits per heavy atom. The summed E-state index contributed by atoms with van der Waals surface area (Å²) in [5.74, 6) is 0.698. The number of carbonyl (C=O) groups excluding carboxylic acids is 1. The fourth-order valence-electron chi connectivity index (χ4n) is 3.08. The van der Waals surface area contributed by atoms with Gasteiger partial charge in [-0.15, -0.1) is 0 Å². The average Bonchev–Trinajstić information content (AvgIpc) is 3.07. The zero-order chi connectivity index (χ0) is 18.8. The van der Waals surface area contributed by atoms with Crippen LogP contribution in [0.3, 0.4) is 0 Å². The Morgan fingerprint density at radius 2 is 1.81 bits per heavy atom. The smallest absolute Gasteiger partial charge is 0.264 e. The molecule has 2 heterocycles. The van der Waals surface area contributed by atoms with Gasteiger partial charge in [0.25, 0.3) is 5.91 Å². The maximum atomic E-state index is 13.3. The van der Waals surface area contributed by atoms with Crippen LogP contribution < -0.4 is 4.74 Å². The van der Waals surface area contributed by atoms with Crippen LogP contribution in [-0.4, -0.2) is 22.1 Å². The van der Waals surface area contributed by atoms with Crippen molar-refractivity contribution in [2.24, 2.45) is 0 Å². The highest BCUT2D eigenvalue weighted by molar-refractivity contribution is 9.10. The highest BCUT2D eigenvalue weighted by Crippen LogP contribution is 2.30. The van der Waals surface area contributed by atoms with E-state index in [0.29, 0.717) is 17.8 Å². The largest absolute Gasteiger partial charge is 0.494 e. The van der Waals surface area contributed by atoms with Crippen LogP contribution >= 0.6 is 15.9 Å². The van der Waals surface area contributed by atoms with Gasteiger partial charge in [-0.2, -0.15) is 0 Å². The minimum atomic E-state index is -0.107. The van der Waals surface area contributed by atoms with Gasteiger partial charge >= 0.3 is 0 Å². The first kappa shape index (κ1) is 17.5. The van der Waals surface area contributed by atoms with Gasteiger partial charge in [0, 0.05) is 21.6 Å². The molecule has 0 aliphatic heterocycles. The number of nitrogens with zero attached hydrogens (tertiary/aromatic N) is 2. The molecular formula is C22H17BrN2O2. The number of ether oxygens (including phenoxy) is 1. The Morgan fingerprint density at radius 1 is 1.07 bits per heavy atom. The molecule has 0 N–H and O–H groups in total. The van der Waals surface area contributed by atoms with Crippen LogP contribution in [0.25, 0.3) is 22.3 Å². The van der Waals surface area contributed by atoms with Gasteiger partial charge < -0.3 is 4.74 Å². The van der Waals surface area contributed by atoms with Gasteiger partial charge in [-0.1, -0.05) is 18.2 Å². The van der Waals surface area contributed by atoms with Crippen LogP contribution in [0.1, 0.15) is 17.3 Å². The maximum Gasteiger partial charge on any atom is 0.264 e. The van der Waals surface area contributed by atoms with E-state index in [9.17, 15) is 4.79 Å². The highest BCUT2D eigenvalue weighted by atomic mass is 79.9. The zero-order valence-electron chi connectivity index (χ0n) is 14.7. The Hall–Kier alpha value is -2.92. The average molecular weight is 421 g/mol. The number of pyridine rings is 1. The second kappa shape index (κ2) is 7.37. The van der Waals surface area contributed by atoms with Crippen LogP contribution in [0, 0.1) is 0 Å². The Balaban J connectivity index is 1.90. The summed E-state index contributed by atoms with van der Waals surface area (Å²) in [6, 6.07) is 21.0. The lowest BCUT2D eigenvalue weighted by molar-refractivity contribution is 0.0966. The predicted molar refractivity (Wildman–Crippen MR) is 110 cm³/mol. The van der Waals surface area contributed by atoms with Gasteiger partial charge in [0.2, 0.25) is 0 Å². The lowest BCUT2D eigenvalue weighted by Crippen LogP contribution is -2.13. The lowest BCUT2D eigenvalue weighted by Gasteiger charge is -2.10. The summed E-state index contributed by atoms with van der Waals surface area (Å²) >= 11 is 3.46. The molecule has 0 aliphatic carbocycles. The van der Waals surface area contributed by atoms with Crippen molar-refractivity contribution < 1.29 is 9.53 Å². The monoisotopic (exact) mass is 420 g/mol. The molecule has 4 nitrogen and oxygen atoms in total. The molecule has 0 atom stereocenters. The van der Waals surface area contributed by atoms with Gasteiger partial charge in [-0.25, -0.2) is 4.98 Å². The molecule has 4 rings (SSSR count). The lowest BCUT2D eigenvalue weighted by atomic mass is 10.1. The van der Waals surface area contributed by atoms with Crippen LogP contribution in [0.4, 0.5) is 0 Å². The van der Waals surface area contributed by atoms with Crippen molar-refractivity contribution in [3.05, 3.63) is 83.0 Å². The number of carbonyl (C=O) groups is 1. The minimum absolute atomic E-state index is 0.107. The zero-order valence-corrected chi connectivity index (χ0v) is 16.3. The second-order valence-electron chi connectivity index (χ2n) is 6.06. The Labute approximate surface area is 165 Å². The fraction of sp³-hybridized carbons (Fsp3) is 0.0909. The molecule has 27 heavy (non-hydrogen) atoms. The van der Waals surface area contributed by atoms with Gasteiger partial charge in [-0.3, -0.25) is 9.36 Å².